The maximum absolute atomic E-state index is 11.6. The SMILES string of the molecule is Cc1nc(CC2CCNC2)nc(C(=O)O)c1OCc1ccccc1.Cl. The molecule has 1 aliphatic heterocycles. The van der Waals surface area contributed by atoms with Crippen molar-refractivity contribution in [2.75, 3.05) is 13.1 Å². The van der Waals surface area contributed by atoms with Crippen molar-refractivity contribution < 1.29 is 14.6 Å². The lowest BCUT2D eigenvalue weighted by Crippen LogP contribution is -2.16. The molecule has 25 heavy (non-hydrogen) atoms. The van der Waals surface area contributed by atoms with E-state index < -0.39 is 5.97 Å². The highest BCUT2D eigenvalue weighted by atomic mass is 35.5. The molecule has 2 aromatic rings. The molecule has 3 rings (SSSR count). The average Bonchev–Trinajstić information content (AvgIpc) is 3.07. The average molecular weight is 364 g/mol. The van der Waals surface area contributed by atoms with E-state index >= 15 is 0 Å². The predicted molar refractivity (Wildman–Crippen MR) is 96.4 cm³/mol. The van der Waals surface area contributed by atoms with Crippen LogP contribution < -0.4 is 10.1 Å². The first-order valence-electron chi connectivity index (χ1n) is 8.11. The third-order valence-corrected chi connectivity index (χ3v) is 4.14. The van der Waals surface area contributed by atoms with Crippen LogP contribution in [-0.4, -0.2) is 34.1 Å². The van der Waals surface area contributed by atoms with Gasteiger partial charge in [0.1, 0.15) is 12.4 Å². The fourth-order valence-corrected chi connectivity index (χ4v) is 2.91. The van der Waals surface area contributed by atoms with Gasteiger partial charge in [0.2, 0.25) is 0 Å². The first kappa shape index (κ1) is 19.1. The lowest BCUT2D eigenvalue weighted by molar-refractivity contribution is 0.0683. The molecule has 1 unspecified atom stereocenters. The second kappa shape index (κ2) is 8.78. The van der Waals surface area contributed by atoms with E-state index in [1.54, 1.807) is 6.92 Å². The lowest BCUT2D eigenvalue weighted by Gasteiger charge is -2.14. The van der Waals surface area contributed by atoms with E-state index in [9.17, 15) is 9.90 Å². The molecule has 1 saturated heterocycles. The molecule has 1 aromatic heterocycles. The second-order valence-electron chi connectivity index (χ2n) is 6.05. The monoisotopic (exact) mass is 363 g/mol. The molecule has 0 spiro atoms. The van der Waals surface area contributed by atoms with Gasteiger partial charge in [-0.3, -0.25) is 0 Å². The Bertz CT molecular complexity index is 719. The van der Waals surface area contributed by atoms with Crippen LogP contribution in [0, 0.1) is 12.8 Å². The molecule has 2 N–H and O–H groups in total. The molecule has 0 amide bonds. The zero-order chi connectivity index (χ0) is 16.9. The molecule has 7 heteroatoms. The van der Waals surface area contributed by atoms with Gasteiger partial charge in [-0.05, 0) is 37.9 Å². The normalized spacial score (nSPS) is 16.3. The number of benzene rings is 1. The molecular formula is C18H22ClN3O3. The van der Waals surface area contributed by atoms with E-state index in [0.29, 0.717) is 23.9 Å². The zero-order valence-electron chi connectivity index (χ0n) is 14.1. The standard InChI is InChI=1S/C18H21N3O3.ClH/c1-12-17(24-11-13-5-3-2-4-6-13)16(18(22)23)21-15(20-12)9-14-7-8-19-10-14;/h2-6,14,19H,7-11H2,1H3,(H,22,23);1H. The van der Waals surface area contributed by atoms with Crippen LogP contribution in [0.3, 0.4) is 0 Å². The lowest BCUT2D eigenvalue weighted by atomic mass is 10.0. The Labute approximate surface area is 153 Å². The molecule has 134 valence electrons. The van der Waals surface area contributed by atoms with Crippen LogP contribution in [0.1, 0.15) is 34.0 Å². The second-order valence-corrected chi connectivity index (χ2v) is 6.05. The molecule has 1 aliphatic rings. The van der Waals surface area contributed by atoms with E-state index in [1.165, 1.54) is 0 Å². The number of carbonyl (C=O) groups is 1. The summed E-state index contributed by atoms with van der Waals surface area (Å²) in [6, 6.07) is 9.61. The van der Waals surface area contributed by atoms with Gasteiger partial charge in [0, 0.05) is 6.42 Å². The van der Waals surface area contributed by atoms with E-state index in [2.05, 4.69) is 15.3 Å². The zero-order valence-corrected chi connectivity index (χ0v) is 14.9. The largest absolute Gasteiger partial charge is 0.484 e. The Morgan fingerprint density at radius 3 is 2.72 bits per heavy atom. The third kappa shape index (κ3) is 4.90. The fraction of sp³-hybridized carbons (Fsp3) is 0.389. The maximum Gasteiger partial charge on any atom is 0.358 e. The highest BCUT2D eigenvalue weighted by Gasteiger charge is 2.22. The molecule has 1 fully saturated rings. The fourth-order valence-electron chi connectivity index (χ4n) is 2.91. The number of aromatic carboxylic acids is 1. The van der Waals surface area contributed by atoms with Crippen molar-refractivity contribution >= 4 is 18.4 Å². The molecule has 1 atom stereocenters. The van der Waals surface area contributed by atoms with E-state index in [0.717, 1.165) is 25.1 Å². The van der Waals surface area contributed by atoms with Crippen molar-refractivity contribution in [2.45, 2.75) is 26.4 Å². The molecule has 0 bridgehead atoms. The highest BCUT2D eigenvalue weighted by molar-refractivity contribution is 5.88. The first-order valence-corrected chi connectivity index (χ1v) is 8.11. The topological polar surface area (TPSA) is 84.3 Å². The number of nitrogens with one attached hydrogen (secondary N) is 1. The van der Waals surface area contributed by atoms with Crippen LogP contribution in [0.2, 0.25) is 0 Å². The summed E-state index contributed by atoms with van der Waals surface area (Å²) in [5, 5.41) is 12.8. The van der Waals surface area contributed by atoms with E-state index in [-0.39, 0.29) is 30.5 Å². The minimum atomic E-state index is -1.09. The quantitative estimate of drug-likeness (QED) is 0.820. The smallest absolute Gasteiger partial charge is 0.358 e. The number of hydrogen-bond acceptors (Lipinski definition) is 5. The molecular weight excluding hydrogens is 342 g/mol. The number of nitrogens with zero attached hydrogens (tertiary/aromatic N) is 2. The van der Waals surface area contributed by atoms with Crippen LogP contribution in [0.25, 0.3) is 0 Å². The van der Waals surface area contributed by atoms with Crippen LogP contribution >= 0.6 is 12.4 Å². The number of ether oxygens (including phenoxy) is 1. The van der Waals surface area contributed by atoms with Crippen molar-refractivity contribution in [3.8, 4) is 5.75 Å². The molecule has 1 aromatic carbocycles. The van der Waals surface area contributed by atoms with Crippen molar-refractivity contribution in [2.24, 2.45) is 5.92 Å². The summed E-state index contributed by atoms with van der Waals surface area (Å²) in [7, 11) is 0. The first-order chi connectivity index (χ1) is 11.6. The summed E-state index contributed by atoms with van der Waals surface area (Å²) in [5.74, 6) is 0.196. The Hall–Kier alpha value is -2.18. The van der Waals surface area contributed by atoms with Gasteiger partial charge in [0.15, 0.2) is 11.4 Å². The van der Waals surface area contributed by atoms with Gasteiger partial charge in [0.05, 0.1) is 5.69 Å². The van der Waals surface area contributed by atoms with Gasteiger partial charge < -0.3 is 15.2 Å². The molecule has 0 radical (unpaired) electrons. The van der Waals surface area contributed by atoms with E-state index in [1.807, 2.05) is 30.3 Å². The molecule has 0 saturated carbocycles. The summed E-state index contributed by atoms with van der Waals surface area (Å²) in [6.07, 6.45) is 1.75. The van der Waals surface area contributed by atoms with Gasteiger partial charge in [-0.15, -0.1) is 12.4 Å². The number of hydrogen-bond donors (Lipinski definition) is 2. The Morgan fingerprint density at radius 2 is 2.08 bits per heavy atom. The van der Waals surface area contributed by atoms with Gasteiger partial charge in [0.25, 0.3) is 0 Å². The van der Waals surface area contributed by atoms with Gasteiger partial charge >= 0.3 is 5.97 Å². The molecule has 6 nitrogen and oxygen atoms in total. The van der Waals surface area contributed by atoms with Crippen LogP contribution in [0.15, 0.2) is 30.3 Å². The minimum Gasteiger partial charge on any atom is -0.484 e. The van der Waals surface area contributed by atoms with Gasteiger partial charge in [-0.1, -0.05) is 30.3 Å². The van der Waals surface area contributed by atoms with Crippen LogP contribution in [0.5, 0.6) is 5.75 Å². The Kier molecular flexibility index (Phi) is 6.73. The Morgan fingerprint density at radius 1 is 1.32 bits per heavy atom. The van der Waals surface area contributed by atoms with Crippen LogP contribution in [0.4, 0.5) is 0 Å². The van der Waals surface area contributed by atoms with Gasteiger partial charge in [-0.2, -0.15) is 0 Å². The summed E-state index contributed by atoms with van der Waals surface area (Å²) < 4.78 is 5.72. The predicted octanol–water partition coefficient (Wildman–Crippen LogP) is 2.64. The van der Waals surface area contributed by atoms with Crippen molar-refractivity contribution in [3.05, 3.63) is 53.1 Å². The minimum absolute atomic E-state index is 0. The summed E-state index contributed by atoms with van der Waals surface area (Å²) in [5.41, 5.74) is 1.48. The van der Waals surface area contributed by atoms with E-state index in [4.69, 9.17) is 4.74 Å². The van der Waals surface area contributed by atoms with Gasteiger partial charge in [-0.25, -0.2) is 14.8 Å². The summed E-state index contributed by atoms with van der Waals surface area (Å²) >= 11 is 0. The Balaban J connectivity index is 0.00000225. The number of aromatic nitrogens is 2. The molecule has 2 heterocycles. The van der Waals surface area contributed by atoms with Crippen molar-refractivity contribution in [1.82, 2.24) is 15.3 Å². The van der Waals surface area contributed by atoms with Crippen molar-refractivity contribution in [3.63, 3.8) is 0 Å². The highest BCUT2D eigenvalue weighted by Crippen LogP contribution is 2.23. The molecule has 0 aliphatic carbocycles. The number of rotatable bonds is 6. The number of carboxylic acid groups (broad SMARTS) is 1. The van der Waals surface area contributed by atoms with Crippen molar-refractivity contribution in [1.29, 1.82) is 0 Å². The third-order valence-electron chi connectivity index (χ3n) is 4.14. The maximum atomic E-state index is 11.6. The number of halogens is 1. The summed E-state index contributed by atoms with van der Waals surface area (Å²) in [6.45, 7) is 3.98. The number of aryl methyl sites for hydroxylation is 1. The van der Waals surface area contributed by atoms with Crippen LogP contribution in [-0.2, 0) is 13.0 Å². The number of carboxylic acids is 1. The summed E-state index contributed by atoms with van der Waals surface area (Å²) in [4.78, 5) is 20.3.